The normalized spacial score (nSPS) is 22.8. The summed E-state index contributed by atoms with van der Waals surface area (Å²) in [6, 6.07) is 6.89. The van der Waals surface area contributed by atoms with Crippen LogP contribution in [0.1, 0.15) is 44.9 Å². The van der Waals surface area contributed by atoms with E-state index in [4.69, 9.17) is 4.74 Å². The Hall–Kier alpha value is -2.57. The Morgan fingerprint density at radius 3 is 2.67 bits per heavy atom. The van der Waals surface area contributed by atoms with Crippen LogP contribution in [0.5, 0.6) is 5.75 Å². The summed E-state index contributed by atoms with van der Waals surface area (Å²) in [7, 11) is 0. The molecule has 2 N–H and O–H groups in total. The molecule has 1 aromatic carbocycles. The lowest BCUT2D eigenvalue weighted by Crippen LogP contribution is -2.46. The van der Waals surface area contributed by atoms with Gasteiger partial charge in [0, 0.05) is 19.0 Å². The van der Waals surface area contributed by atoms with Crippen molar-refractivity contribution in [3.8, 4) is 5.75 Å². The van der Waals surface area contributed by atoms with Gasteiger partial charge in [-0.1, -0.05) is 37.8 Å². The van der Waals surface area contributed by atoms with Crippen LogP contribution in [0.2, 0.25) is 0 Å². The monoisotopic (exact) mass is 374 g/mol. The van der Waals surface area contributed by atoms with Gasteiger partial charge < -0.3 is 20.1 Å². The Labute approximate surface area is 158 Å². The van der Waals surface area contributed by atoms with Gasteiger partial charge in [0.05, 0.1) is 11.6 Å². The highest BCUT2D eigenvalue weighted by Crippen LogP contribution is 2.31. The number of carboxylic acid groups (broad SMARTS) is 1. The molecular weight excluding hydrogens is 348 g/mol. The summed E-state index contributed by atoms with van der Waals surface area (Å²) in [6.45, 7) is 0.206. The van der Waals surface area contributed by atoms with E-state index < -0.39 is 11.9 Å². The quantitative estimate of drug-likeness (QED) is 0.825. The van der Waals surface area contributed by atoms with Crippen LogP contribution in [-0.2, 0) is 14.4 Å². The Morgan fingerprint density at radius 2 is 1.89 bits per heavy atom. The van der Waals surface area contributed by atoms with Crippen molar-refractivity contribution in [2.75, 3.05) is 18.1 Å². The van der Waals surface area contributed by atoms with Gasteiger partial charge in [0.25, 0.3) is 5.91 Å². The number of fused-ring (bicyclic) bond motifs is 1. The predicted molar refractivity (Wildman–Crippen MR) is 99.7 cm³/mol. The van der Waals surface area contributed by atoms with E-state index in [1.165, 1.54) is 0 Å². The summed E-state index contributed by atoms with van der Waals surface area (Å²) in [6.07, 6.45) is 5.31. The standard InChI is InChI=1S/C20H26N2O5/c23-18(21-15-8-4-2-1-3-7-14(15)20(25)26)11-12-22-16-9-5-6-10-17(16)27-13-19(22)24/h5-6,9-10,14-15H,1-4,7-8,11-13H2,(H,21,23)(H,25,26). The zero-order valence-corrected chi connectivity index (χ0v) is 15.4. The lowest BCUT2D eigenvalue weighted by Gasteiger charge is -2.30. The fourth-order valence-electron chi connectivity index (χ4n) is 3.84. The highest BCUT2D eigenvalue weighted by atomic mass is 16.5. The lowest BCUT2D eigenvalue weighted by molar-refractivity contribution is -0.143. The van der Waals surface area contributed by atoms with Crippen molar-refractivity contribution in [3.05, 3.63) is 24.3 Å². The van der Waals surface area contributed by atoms with Crippen LogP contribution in [0.15, 0.2) is 24.3 Å². The Kier molecular flexibility index (Phi) is 6.32. The summed E-state index contributed by atoms with van der Waals surface area (Å²) in [5.74, 6) is -1.16. The second kappa shape index (κ2) is 8.88. The molecule has 3 rings (SSSR count). The number of hydrogen-bond acceptors (Lipinski definition) is 4. The minimum Gasteiger partial charge on any atom is -0.482 e. The third-order valence-corrected chi connectivity index (χ3v) is 5.30. The van der Waals surface area contributed by atoms with Crippen LogP contribution in [0, 0.1) is 5.92 Å². The number of amides is 2. The molecule has 7 heteroatoms. The number of aliphatic carboxylic acids is 1. The van der Waals surface area contributed by atoms with Crippen LogP contribution in [0.3, 0.4) is 0 Å². The number of carbonyl (C=O) groups excluding carboxylic acids is 2. The Balaban J connectivity index is 1.60. The van der Waals surface area contributed by atoms with Gasteiger partial charge in [-0.25, -0.2) is 0 Å². The summed E-state index contributed by atoms with van der Waals surface area (Å²) in [4.78, 5) is 37.8. The molecule has 7 nitrogen and oxygen atoms in total. The number of ether oxygens (including phenoxy) is 1. The molecular formula is C20H26N2O5. The van der Waals surface area contributed by atoms with Crippen molar-refractivity contribution >= 4 is 23.5 Å². The summed E-state index contributed by atoms with van der Waals surface area (Å²) >= 11 is 0. The van der Waals surface area contributed by atoms with Gasteiger partial charge >= 0.3 is 5.97 Å². The van der Waals surface area contributed by atoms with E-state index in [-0.39, 0.29) is 37.4 Å². The average molecular weight is 374 g/mol. The van der Waals surface area contributed by atoms with Gasteiger partial charge in [0.15, 0.2) is 6.61 Å². The van der Waals surface area contributed by atoms with E-state index in [2.05, 4.69) is 5.32 Å². The maximum atomic E-state index is 12.5. The summed E-state index contributed by atoms with van der Waals surface area (Å²) < 4.78 is 5.40. The summed E-state index contributed by atoms with van der Waals surface area (Å²) in [5, 5.41) is 12.4. The van der Waals surface area contributed by atoms with Gasteiger partial charge in [-0.05, 0) is 25.0 Å². The molecule has 0 spiro atoms. The minimum absolute atomic E-state index is 0.0393. The van der Waals surface area contributed by atoms with Crippen molar-refractivity contribution in [1.29, 1.82) is 0 Å². The highest BCUT2D eigenvalue weighted by molar-refractivity contribution is 5.98. The van der Waals surface area contributed by atoms with Crippen molar-refractivity contribution in [1.82, 2.24) is 5.32 Å². The molecule has 2 aliphatic rings. The minimum atomic E-state index is -0.848. The molecule has 1 fully saturated rings. The molecule has 1 heterocycles. The van der Waals surface area contributed by atoms with E-state index in [1.807, 2.05) is 12.1 Å². The molecule has 1 aliphatic carbocycles. The second-order valence-electron chi connectivity index (χ2n) is 7.16. The predicted octanol–water partition coefficient (Wildman–Crippen LogP) is 2.34. The van der Waals surface area contributed by atoms with Gasteiger partial charge in [-0.2, -0.15) is 0 Å². The molecule has 146 valence electrons. The molecule has 0 bridgehead atoms. The zero-order chi connectivity index (χ0) is 19.2. The van der Waals surface area contributed by atoms with Gasteiger partial charge in [-0.3, -0.25) is 14.4 Å². The highest BCUT2D eigenvalue weighted by Gasteiger charge is 2.30. The molecule has 1 aromatic rings. The third-order valence-electron chi connectivity index (χ3n) is 5.30. The summed E-state index contributed by atoms with van der Waals surface area (Å²) in [5.41, 5.74) is 0.663. The van der Waals surface area contributed by atoms with Crippen molar-refractivity contribution in [3.63, 3.8) is 0 Å². The topological polar surface area (TPSA) is 95.9 Å². The molecule has 27 heavy (non-hydrogen) atoms. The first kappa shape index (κ1) is 19.2. The number of hydrogen-bond donors (Lipinski definition) is 2. The number of nitrogens with zero attached hydrogens (tertiary/aromatic N) is 1. The smallest absolute Gasteiger partial charge is 0.308 e. The Morgan fingerprint density at radius 1 is 1.15 bits per heavy atom. The maximum absolute atomic E-state index is 12.5. The van der Waals surface area contributed by atoms with E-state index in [9.17, 15) is 19.5 Å². The first-order valence-corrected chi connectivity index (χ1v) is 9.60. The van der Waals surface area contributed by atoms with Crippen molar-refractivity contribution in [2.45, 2.75) is 51.0 Å². The average Bonchev–Trinajstić information content (AvgIpc) is 2.63. The SMILES string of the molecule is O=C(CCN1C(=O)COc2ccccc21)NC1CCCCCCC1C(=O)O. The number of carbonyl (C=O) groups is 3. The van der Waals surface area contributed by atoms with Crippen molar-refractivity contribution < 1.29 is 24.2 Å². The Bertz CT molecular complexity index is 705. The van der Waals surface area contributed by atoms with Gasteiger partial charge in [0.1, 0.15) is 5.75 Å². The van der Waals surface area contributed by atoms with E-state index in [0.717, 1.165) is 25.7 Å². The number of anilines is 1. The zero-order valence-electron chi connectivity index (χ0n) is 15.4. The third kappa shape index (κ3) is 4.78. The molecule has 1 aliphatic heterocycles. The second-order valence-corrected chi connectivity index (χ2v) is 7.16. The van der Waals surface area contributed by atoms with Gasteiger partial charge in [-0.15, -0.1) is 0 Å². The molecule has 0 aromatic heterocycles. The molecule has 1 saturated carbocycles. The van der Waals surface area contributed by atoms with Crippen LogP contribution < -0.4 is 15.0 Å². The van der Waals surface area contributed by atoms with Crippen LogP contribution in [0.4, 0.5) is 5.69 Å². The fraction of sp³-hybridized carbons (Fsp3) is 0.550. The van der Waals surface area contributed by atoms with Crippen molar-refractivity contribution in [2.24, 2.45) is 5.92 Å². The molecule has 2 amide bonds. The number of benzene rings is 1. The first-order valence-electron chi connectivity index (χ1n) is 9.60. The first-order chi connectivity index (χ1) is 13.1. The van der Waals surface area contributed by atoms with Gasteiger partial charge in [0.2, 0.25) is 5.91 Å². The van der Waals surface area contributed by atoms with E-state index in [0.29, 0.717) is 24.3 Å². The van der Waals surface area contributed by atoms with Crippen LogP contribution in [-0.4, -0.2) is 42.1 Å². The molecule has 2 atom stereocenters. The number of nitrogens with one attached hydrogen (secondary N) is 1. The largest absolute Gasteiger partial charge is 0.482 e. The lowest BCUT2D eigenvalue weighted by atomic mass is 9.86. The van der Waals surface area contributed by atoms with E-state index >= 15 is 0 Å². The van der Waals surface area contributed by atoms with E-state index in [1.54, 1.807) is 17.0 Å². The number of rotatable bonds is 5. The molecule has 2 unspecified atom stereocenters. The van der Waals surface area contributed by atoms with Crippen LogP contribution >= 0.6 is 0 Å². The number of para-hydroxylation sites is 2. The maximum Gasteiger partial charge on any atom is 0.308 e. The number of carboxylic acids is 1. The van der Waals surface area contributed by atoms with Crippen LogP contribution in [0.25, 0.3) is 0 Å². The molecule has 0 saturated heterocycles. The molecule has 0 radical (unpaired) electrons. The fourth-order valence-corrected chi connectivity index (χ4v) is 3.84.